The van der Waals surface area contributed by atoms with Crippen molar-refractivity contribution in [2.45, 2.75) is 0 Å². The Morgan fingerprint density at radius 3 is 2.16 bits per heavy atom. The van der Waals surface area contributed by atoms with Crippen LogP contribution in [0.15, 0.2) is 55.6 Å². The Hall–Kier alpha value is -2.15. The number of hydrogen-bond acceptors (Lipinski definition) is 5. The van der Waals surface area contributed by atoms with Crippen molar-refractivity contribution in [3.05, 3.63) is 55.6 Å². The molecule has 0 radical (unpaired) electrons. The summed E-state index contributed by atoms with van der Waals surface area (Å²) < 4.78 is 21.8. The van der Waals surface area contributed by atoms with E-state index in [4.69, 9.17) is 18.9 Å². The van der Waals surface area contributed by atoms with Gasteiger partial charge in [0.25, 0.3) is 0 Å². The molecule has 1 N–H and O–H groups in total. The minimum absolute atomic E-state index is 0.0911. The lowest BCUT2D eigenvalue weighted by molar-refractivity contribution is -0.0782. The molecule has 0 saturated carbocycles. The summed E-state index contributed by atoms with van der Waals surface area (Å²) in [5.41, 5.74) is 0.0464. The van der Waals surface area contributed by atoms with E-state index in [9.17, 15) is 4.79 Å². The molecule has 0 aliphatic carbocycles. The van der Waals surface area contributed by atoms with E-state index in [2.05, 4.69) is 18.5 Å². The van der Waals surface area contributed by atoms with E-state index in [1.54, 1.807) is 31.4 Å². The Morgan fingerprint density at radius 1 is 1.04 bits per heavy atom. The van der Waals surface area contributed by atoms with Gasteiger partial charge in [0, 0.05) is 12.8 Å². The maximum atomic E-state index is 12.0. The molecule has 0 atom stereocenters. The van der Waals surface area contributed by atoms with Crippen LogP contribution in [-0.2, 0) is 18.9 Å². The van der Waals surface area contributed by atoms with E-state index in [-0.39, 0.29) is 6.61 Å². The van der Waals surface area contributed by atoms with Crippen LogP contribution in [-0.4, -0.2) is 52.8 Å². The molecule has 1 aromatic rings. The van der Waals surface area contributed by atoms with Crippen LogP contribution in [0.2, 0.25) is 0 Å². The lowest BCUT2D eigenvalue weighted by Gasteiger charge is -2.31. The number of anilines is 1. The smallest absolute Gasteiger partial charge is 0.411 e. The third kappa shape index (κ3) is 8.49. The first-order valence-corrected chi connectivity index (χ1v) is 8.01. The molecule has 1 rings (SSSR count). The molecule has 0 saturated heterocycles. The van der Waals surface area contributed by atoms with Crippen LogP contribution >= 0.6 is 0 Å². The molecule has 0 aliphatic rings. The SMILES string of the molecule is C=CCOCC(COC)(COCC=C)COC(=O)Nc1ccccc1. The van der Waals surface area contributed by atoms with Crippen LogP contribution < -0.4 is 5.32 Å². The van der Waals surface area contributed by atoms with Crippen LogP contribution in [0.1, 0.15) is 0 Å². The molecular formula is C19H27NO5. The van der Waals surface area contributed by atoms with E-state index >= 15 is 0 Å². The normalized spacial score (nSPS) is 10.9. The van der Waals surface area contributed by atoms with E-state index in [1.807, 2.05) is 18.2 Å². The first-order valence-electron chi connectivity index (χ1n) is 8.01. The van der Waals surface area contributed by atoms with Crippen LogP contribution in [0.4, 0.5) is 10.5 Å². The third-order valence-corrected chi connectivity index (χ3v) is 3.27. The van der Waals surface area contributed by atoms with Crippen molar-refractivity contribution in [3.8, 4) is 0 Å². The fraction of sp³-hybridized carbons (Fsp3) is 0.421. The predicted molar refractivity (Wildman–Crippen MR) is 97.8 cm³/mol. The number of benzene rings is 1. The van der Waals surface area contributed by atoms with Gasteiger partial charge in [-0.3, -0.25) is 5.32 Å². The first kappa shape index (κ1) is 20.9. The quantitative estimate of drug-likeness (QED) is 0.437. The maximum absolute atomic E-state index is 12.0. The number of nitrogens with one attached hydrogen (secondary N) is 1. The number of ether oxygens (including phenoxy) is 4. The van der Waals surface area contributed by atoms with Crippen LogP contribution in [0.25, 0.3) is 0 Å². The van der Waals surface area contributed by atoms with Crippen LogP contribution in [0.5, 0.6) is 0 Å². The van der Waals surface area contributed by atoms with E-state index < -0.39 is 11.5 Å². The van der Waals surface area contributed by atoms with Crippen molar-refractivity contribution in [3.63, 3.8) is 0 Å². The molecule has 138 valence electrons. The summed E-state index contributed by atoms with van der Waals surface area (Å²) in [7, 11) is 1.58. The summed E-state index contributed by atoms with van der Waals surface area (Å²) in [4.78, 5) is 12.0. The molecule has 0 aromatic heterocycles. The highest BCUT2D eigenvalue weighted by atomic mass is 16.6. The lowest BCUT2D eigenvalue weighted by Crippen LogP contribution is -2.42. The fourth-order valence-electron chi connectivity index (χ4n) is 2.17. The van der Waals surface area contributed by atoms with Crippen molar-refractivity contribution in [1.29, 1.82) is 0 Å². The Balaban J connectivity index is 2.66. The number of carbonyl (C=O) groups excluding carboxylic acids is 1. The zero-order valence-corrected chi connectivity index (χ0v) is 14.7. The Bertz CT molecular complexity index is 504. The maximum Gasteiger partial charge on any atom is 0.411 e. The molecule has 0 fully saturated rings. The second kappa shape index (κ2) is 12.2. The van der Waals surface area contributed by atoms with Gasteiger partial charge >= 0.3 is 6.09 Å². The highest BCUT2D eigenvalue weighted by molar-refractivity contribution is 5.84. The molecule has 0 heterocycles. The van der Waals surface area contributed by atoms with Crippen molar-refractivity contribution in [2.24, 2.45) is 5.41 Å². The van der Waals surface area contributed by atoms with Gasteiger partial charge in [-0.05, 0) is 12.1 Å². The summed E-state index contributed by atoms with van der Waals surface area (Å²) in [6.07, 6.45) is 2.77. The molecule has 0 bridgehead atoms. The van der Waals surface area contributed by atoms with E-state index in [0.717, 1.165) is 0 Å². The van der Waals surface area contributed by atoms with Gasteiger partial charge in [0.15, 0.2) is 0 Å². The Kier molecular flexibility index (Phi) is 10.2. The summed E-state index contributed by atoms with van der Waals surface area (Å²) in [6.45, 7) is 9.06. The van der Waals surface area contributed by atoms with Gasteiger partial charge in [-0.2, -0.15) is 0 Å². The topological polar surface area (TPSA) is 66.0 Å². The lowest BCUT2D eigenvalue weighted by atomic mass is 9.92. The molecule has 6 nitrogen and oxygen atoms in total. The van der Waals surface area contributed by atoms with Gasteiger partial charge < -0.3 is 18.9 Å². The van der Waals surface area contributed by atoms with Crippen LogP contribution in [0, 0.1) is 5.41 Å². The second-order valence-electron chi connectivity index (χ2n) is 5.61. The molecule has 1 aromatic carbocycles. The van der Waals surface area contributed by atoms with Gasteiger partial charge in [0.2, 0.25) is 0 Å². The summed E-state index contributed by atoms with van der Waals surface area (Å²) in [6, 6.07) is 9.09. The van der Waals surface area contributed by atoms with E-state index in [0.29, 0.717) is 38.7 Å². The average molecular weight is 349 g/mol. The zero-order chi connectivity index (χ0) is 18.4. The highest BCUT2D eigenvalue weighted by Crippen LogP contribution is 2.21. The predicted octanol–water partition coefficient (Wildman–Crippen LogP) is 3.27. The first-order chi connectivity index (χ1) is 12.2. The fourth-order valence-corrected chi connectivity index (χ4v) is 2.17. The second-order valence-corrected chi connectivity index (χ2v) is 5.61. The number of rotatable bonds is 13. The number of carbonyl (C=O) groups is 1. The molecule has 0 unspecified atom stereocenters. The minimum Gasteiger partial charge on any atom is -0.448 e. The van der Waals surface area contributed by atoms with Crippen molar-refractivity contribution in [2.75, 3.05) is 52.1 Å². The van der Waals surface area contributed by atoms with Gasteiger partial charge in [-0.25, -0.2) is 4.79 Å². The van der Waals surface area contributed by atoms with Crippen molar-refractivity contribution in [1.82, 2.24) is 0 Å². The standard InChI is InChI=1S/C19H27NO5/c1-4-11-23-14-19(13-22-3,15-24-12-5-2)16-25-18(21)20-17-9-7-6-8-10-17/h4-10H,1-2,11-16H2,3H3,(H,20,21). The summed E-state index contributed by atoms with van der Waals surface area (Å²) in [5, 5.41) is 2.68. The summed E-state index contributed by atoms with van der Waals surface area (Å²) >= 11 is 0. The largest absolute Gasteiger partial charge is 0.448 e. The molecule has 25 heavy (non-hydrogen) atoms. The molecule has 1 amide bonds. The molecule has 0 aliphatic heterocycles. The minimum atomic E-state index is -0.616. The monoisotopic (exact) mass is 349 g/mol. The van der Waals surface area contributed by atoms with Crippen molar-refractivity contribution < 1.29 is 23.7 Å². The van der Waals surface area contributed by atoms with Crippen molar-refractivity contribution >= 4 is 11.8 Å². The average Bonchev–Trinajstić information content (AvgIpc) is 2.61. The number of methoxy groups -OCH3 is 1. The Morgan fingerprint density at radius 2 is 1.64 bits per heavy atom. The van der Waals surface area contributed by atoms with Crippen LogP contribution in [0.3, 0.4) is 0 Å². The Labute approximate surface area is 149 Å². The number of amides is 1. The van der Waals surface area contributed by atoms with Gasteiger partial charge in [0.05, 0.1) is 38.4 Å². The zero-order valence-electron chi connectivity index (χ0n) is 14.7. The molecular weight excluding hydrogens is 322 g/mol. The van der Waals surface area contributed by atoms with Gasteiger partial charge in [0.1, 0.15) is 6.61 Å². The summed E-state index contributed by atoms with van der Waals surface area (Å²) in [5.74, 6) is 0. The highest BCUT2D eigenvalue weighted by Gasteiger charge is 2.33. The molecule has 0 spiro atoms. The third-order valence-electron chi connectivity index (χ3n) is 3.27. The van der Waals surface area contributed by atoms with Gasteiger partial charge in [-0.15, -0.1) is 13.2 Å². The van der Waals surface area contributed by atoms with Gasteiger partial charge in [-0.1, -0.05) is 30.4 Å². The van der Waals surface area contributed by atoms with E-state index in [1.165, 1.54) is 0 Å². The number of para-hydroxylation sites is 1. The molecule has 6 heteroatoms. The number of hydrogen-bond donors (Lipinski definition) is 1.